The largest absolute Gasteiger partial charge is 0.376 e. The third-order valence-corrected chi connectivity index (χ3v) is 2.79. The molecular weight excluding hydrogens is 255 g/mol. The Morgan fingerprint density at radius 3 is 2.83 bits per heavy atom. The molecular formula is C13H18ClFN2O. The molecule has 0 radical (unpaired) electrons. The number of anilines is 1. The van der Waals surface area contributed by atoms with Crippen LogP contribution < -0.4 is 10.6 Å². The number of rotatable bonds is 6. The van der Waals surface area contributed by atoms with Gasteiger partial charge in [-0.25, -0.2) is 4.39 Å². The highest BCUT2D eigenvalue weighted by Crippen LogP contribution is 2.18. The topological polar surface area (TPSA) is 41.1 Å². The van der Waals surface area contributed by atoms with Crippen LogP contribution in [0.4, 0.5) is 10.1 Å². The normalized spacial score (nSPS) is 12.0. The zero-order valence-corrected chi connectivity index (χ0v) is 11.4. The molecule has 1 amide bonds. The van der Waals surface area contributed by atoms with E-state index in [-0.39, 0.29) is 23.5 Å². The van der Waals surface area contributed by atoms with E-state index in [4.69, 9.17) is 11.6 Å². The van der Waals surface area contributed by atoms with Crippen LogP contribution in [0.25, 0.3) is 0 Å². The average molecular weight is 273 g/mol. The molecule has 1 rings (SSSR count). The van der Waals surface area contributed by atoms with Crippen molar-refractivity contribution in [2.45, 2.75) is 32.7 Å². The fourth-order valence-corrected chi connectivity index (χ4v) is 1.80. The maximum absolute atomic E-state index is 12.9. The van der Waals surface area contributed by atoms with E-state index in [1.54, 1.807) is 6.07 Å². The van der Waals surface area contributed by atoms with E-state index in [0.29, 0.717) is 5.69 Å². The molecule has 0 heterocycles. The molecule has 0 aliphatic heterocycles. The van der Waals surface area contributed by atoms with Crippen molar-refractivity contribution in [3.8, 4) is 0 Å². The van der Waals surface area contributed by atoms with Gasteiger partial charge in [-0.2, -0.15) is 0 Å². The molecule has 1 aromatic rings. The molecule has 0 saturated carbocycles. The molecule has 1 unspecified atom stereocenters. The summed E-state index contributed by atoms with van der Waals surface area (Å²) in [5, 5.41) is 5.81. The summed E-state index contributed by atoms with van der Waals surface area (Å²) in [6.07, 6.45) is 1.98. The quantitative estimate of drug-likeness (QED) is 0.835. The lowest BCUT2D eigenvalue weighted by molar-refractivity contribution is -0.120. The van der Waals surface area contributed by atoms with Crippen LogP contribution in [0.5, 0.6) is 0 Å². The van der Waals surface area contributed by atoms with Gasteiger partial charge in [0.05, 0.1) is 11.6 Å². The van der Waals surface area contributed by atoms with E-state index in [2.05, 4.69) is 17.6 Å². The first kappa shape index (κ1) is 14.8. The van der Waals surface area contributed by atoms with Gasteiger partial charge in [0.1, 0.15) is 5.82 Å². The zero-order chi connectivity index (χ0) is 13.5. The van der Waals surface area contributed by atoms with Crippen molar-refractivity contribution in [3.05, 3.63) is 29.0 Å². The highest BCUT2D eigenvalue weighted by Gasteiger charge is 2.06. The van der Waals surface area contributed by atoms with Crippen LogP contribution in [-0.2, 0) is 4.79 Å². The Kier molecular flexibility index (Phi) is 5.92. The predicted molar refractivity (Wildman–Crippen MR) is 72.4 cm³/mol. The Bertz CT molecular complexity index is 412. The van der Waals surface area contributed by atoms with Crippen molar-refractivity contribution in [1.29, 1.82) is 0 Å². The Morgan fingerprint density at radius 2 is 2.22 bits per heavy atom. The van der Waals surface area contributed by atoms with Gasteiger partial charge in [0, 0.05) is 11.7 Å². The average Bonchev–Trinajstić information content (AvgIpc) is 2.31. The van der Waals surface area contributed by atoms with Gasteiger partial charge < -0.3 is 10.6 Å². The van der Waals surface area contributed by atoms with Gasteiger partial charge in [0.25, 0.3) is 0 Å². The molecule has 1 aromatic carbocycles. The SMILES string of the molecule is CCCC(C)NC(=O)CNc1ccc(F)c(Cl)c1. The summed E-state index contributed by atoms with van der Waals surface area (Å²) in [5.74, 6) is -0.556. The third kappa shape index (κ3) is 4.92. The number of halogens is 2. The van der Waals surface area contributed by atoms with Crippen LogP contribution in [0.15, 0.2) is 18.2 Å². The Morgan fingerprint density at radius 1 is 1.50 bits per heavy atom. The van der Waals surface area contributed by atoms with Crippen molar-refractivity contribution in [3.63, 3.8) is 0 Å². The van der Waals surface area contributed by atoms with E-state index >= 15 is 0 Å². The predicted octanol–water partition coefficient (Wildman–Crippen LogP) is 3.20. The molecule has 5 heteroatoms. The number of carbonyl (C=O) groups is 1. The number of hydrogen-bond acceptors (Lipinski definition) is 2. The third-order valence-electron chi connectivity index (χ3n) is 2.50. The van der Waals surface area contributed by atoms with Crippen molar-refractivity contribution in [2.75, 3.05) is 11.9 Å². The first-order valence-electron chi connectivity index (χ1n) is 6.01. The van der Waals surface area contributed by atoms with Gasteiger partial charge in [-0.15, -0.1) is 0 Å². The van der Waals surface area contributed by atoms with Crippen molar-refractivity contribution in [2.24, 2.45) is 0 Å². The summed E-state index contributed by atoms with van der Waals surface area (Å²) < 4.78 is 12.9. The highest BCUT2D eigenvalue weighted by atomic mass is 35.5. The minimum absolute atomic E-state index is 0.0414. The second kappa shape index (κ2) is 7.21. The van der Waals surface area contributed by atoms with E-state index in [0.717, 1.165) is 12.8 Å². The summed E-state index contributed by atoms with van der Waals surface area (Å²) in [5.41, 5.74) is 0.625. The van der Waals surface area contributed by atoms with Crippen LogP contribution in [0.2, 0.25) is 5.02 Å². The van der Waals surface area contributed by atoms with Crippen molar-refractivity contribution < 1.29 is 9.18 Å². The second-order valence-electron chi connectivity index (χ2n) is 4.24. The van der Waals surface area contributed by atoms with Gasteiger partial charge in [-0.3, -0.25) is 4.79 Å². The standard InChI is InChI=1S/C13H18ClFN2O/c1-3-4-9(2)17-13(18)8-16-10-5-6-12(15)11(14)7-10/h5-7,9,16H,3-4,8H2,1-2H3,(H,17,18). The van der Waals surface area contributed by atoms with E-state index in [1.165, 1.54) is 12.1 Å². The fourth-order valence-electron chi connectivity index (χ4n) is 1.62. The highest BCUT2D eigenvalue weighted by molar-refractivity contribution is 6.31. The van der Waals surface area contributed by atoms with E-state index in [9.17, 15) is 9.18 Å². The van der Waals surface area contributed by atoms with Crippen LogP contribution in [-0.4, -0.2) is 18.5 Å². The molecule has 0 saturated heterocycles. The van der Waals surface area contributed by atoms with Gasteiger partial charge in [-0.05, 0) is 31.5 Å². The lowest BCUT2D eigenvalue weighted by Crippen LogP contribution is -2.36. The van der Waals surface area contributed by atoms with Gasteiger partial charge in [0.15, 0.2) is 0 Å². The first-order valence-corrected chi connectivity index (χ1v) is 6.39. The van der Waals surface area contributed by atoms with Gasteiger partial charge in [0.2, 0.25) is 5.91 Å². The number of nitrogens with one attached hydrogen (secondary N) is 2. The Hall–Kier alpha value is -1.29. The van der Waals surface area contributed by atoms with Crippen LogP contribution in [0.3, 0.4) is 0 Å². The van der Waals surface area contributed by atoms with Crippen molar-refractivity contribution >= 4 is 23.2 Å². The number of carbonyl (C=O) groups excluding carboxylic acids is 1. The summed E-state index contributed by atoms with van der Waals surface area (Å²) in [6, 6.07) is 4.44. The molecule has 0 aromatic heterocycles. The lowest BCUT2D eigenvalue weighted by atomic mass is 10.2. The molecule has 100 valence electrons. The summed E-state index contributed by atoms with van der Waals surface area (Å²) in [7, 11) is 0. The maximum atomic E-state index is 12.9. The van der Waals surface area contributed by atoms with Crippen LogP contribution in [0, 0.1) is 5.82 Å². The molecule has 0 fully saturated rings. The molecule has 1 atom stereocenters. The minimum Gasteiger partial charge on any atom is -0.376 e. The Balaban J connectivity index is 2.40. The van der Waals surface area contributed by atoms with E-state index < -0.39 is 5.82 Å². The summed E-state index contributed by atoms with van der Waals surface area (Å²) in [6.45, 7) is 4.19. The Labute approximate surface area is 112 Å². The van der Waals surface area contributed by atoms with Gasteiger partial charge >= 0.3 is 0 Å². The minimum atomic E-state index is -0.469. The number of hydrogen-bond donors (Lipinski definition) is 2. The molecule has 18 heavy (non-hydrogen) atoms. The smallest absolute Gasteiger partial charge is 0.239 e. The molecule has 0 aliphatic rings. The maximum Gasteiger partial charge on any atom is 0.239 e. The second-order valence-corrected chi connectivity index (χ2v) is 4.65. The number of benzene rings is 1. The zero-order valence-electron chi connectivity index (χ0n) is 10.6. The van der Waals surface area contributed by atoms with E-state index in [1.807, 2.05) is 6.92 Å². The lowest BCUT2D eigenvalue weighted by Gasteiger charge is -2.13. The van der Waals surface area contributed by atoms with Crippen molar-refractivity contribution in [1.82, 2.24) is 5.32 Å². The molecule has 2 N–H and O–H groups in total. The van der Waals surface area contributed by atoms with Crippen LogP contribution >= 0.6 is 11.6 Å². The molecule has 3 nitrogen and oxygen atoms in total. The van der Waals surface area contributed by atoms with Gasteiger partial charge in [-0.1, -0.05) is 24.9 Å². The number of amides is 1. The molecule has 0 spiro atoms. The monoisotopic (exact) mass is 272 g/mol. The summed E-state index contributed by atoms with van der Waals surface area (Å²) in [4.78, 5) is 11.6. The first-order chi connectivity index (χ1) is 8.52. The molecule has 0 aliphatic carbocycles. The molecule has 0 bridgehead atoms. The fraction of sp³-hybridized carbons (Fsp3) is 0.462. The summed E-state index contributed by atoms with van der Waals surface area (Å²) >= 11 is 5.64. The van der Waals surface area contributed by atoms with Crippen LogP contribution in [0.1, 0.15) is 26.7 Å².